The predicted molar refractivity (Wildman–Crippen MR) is 131 cm³/mol. The molecule has 32 heavy (non-hydrogen) atoms. The van der Waals surface area contributed by atoms with Gasteiger partial charge in [0.25, 0.3) is 0 Å². The van der Waals surface area contributed by atoms with Gasteiger partial charge >= 0.3 is 7.69 Å². The second-order valence-electron chi connectivity index (χ2n) is 7.77. The molecule has 3 nitrogen and oxygen atoms in total. The van der Waals surface area contributed by atoms with Gasteiger partial charge in [0.2, 0.25) is 0 Å². The number of benzene rings is 5. The second-order valence-corrected chi connectivity index (χ2v) is 7.77. The van der Waals surface area contributed by atoms with Crippen LogP contribution < -0.4 is 4.65 Å². The van der Waals surface area contributed by atoms with Crippen molar-refractivity contribution in [3.05, 3.63) is 103 Å². The van der Waals surface area contributed by atoms with Crippen LogP contribution in [0, 0.1) is 0 Å². The van der Waals surface area contributed by atoms with Gasteiger partial charge in [-0.15, -0.1) is 0 Å². The summed E-state index contributed by atoms with van der Waals surface area (Å²) in [6.45, 7) is 0. The highest BCUT2D eigenvalue weighted by Crippen LogP contribution is 2.40. The largest absolute Gasteiger partial charge is 0.569 e. The van der Waals surface area contributed by atoms with E-state index in [1.807, 2.05) is 42.5 Å². The van der Waals surface area contributed by atoms with E-state index < -0.39 is 0 Å². The van der Waals surface area contributed by atoms with E-state index in [9.17, 15) is 0 Å². The molecule has 6 aromatic rings. The fourth-order valence-electron chi connectivity index (χ4n) is 4.48. The fraction of sp³-hybridized carbons (Fsp3) is 0. The zero-order valence-electron chi connectivity index (χ0n) is 17.2. The van der Waals surface area contributed by atoms with Crippen molar-refractivity contribution in [2.75, 3.05) is 0 Å². The quantitative estimate of drug-likeness (QED) is 0.317. The van der Waals surface area contributed by atoms with Crippen LogP contribution in [0.4, 0.5) is 0 Å². The molecule has 5 aromatic carbocycles. The third-order valence-corrected chi connectivity index (χ3v) is 5.95. The second kappa shape index (κ2) is 7.59. The van der Waals surface area contributed by atoms with E-state index in [4.69, 9.17) is 14.1 Å². The van der Waals surface area contributed by atoms with Crippen molar-refractivity contribution in [3.63, 3.8) is 0 Å². The van der Waals surface area contributed by atoms with E-state index in [1.165, 1.54) is 10.8 Å². The lowest BCUT2D eigenvalue weighted by Crippen LogP contribution is -1.99. The standard InChI is InChI=1S/C28H18BO3/c30-29-32-21-13-9-19(10-14-21)28-22-6-2-1-5-18(22)11-15-23(28)20-12-16-27-25(17-20)24-7-3-4-8-26(24)31-27/h1-17,30H. The highest BCUT2D eigenvalue weighted by Gasteiger charge is 2.14. The molecule has 1 radical (unpaired) electrons. The van der Waals surface area contributed by atoms with Crippen LogP contribution in [0.5, 0.6) is 5.75 Å². The third-order valence-electron chi connectivity index (χ3n) is 5.95. The summed E-state index contributed by atoms with van der Waals surface area (Å²) in [7, 11) is 0.697. The third kappa shape index (κ3) is 3.05. The summed E-state index contributed by atoms with van der Waals surface area (Å²) < 4.78 is 11.1. The first-order chi connectivity index (χ1) is 15.8. The van der Waals surface area contributed by atoms with Gasteiger partial charge in [-0.3, -0.25) is 0 Å². The van der Waals surface area contributed by atoms with Crippen molar-refractivity contribution in [1.82, 2.24) is 0 Å². The first kappa shape index (κ1) is 18.7. The molecule has 0 aliphatic rings. The Balaban J connectivity index is 1.61. The highest BCUT2D eigenvalue weighted by molar-refractivity contribution is 6.17. The Morgan fingerprint density at radius 1 is 0.625 bits per heavy atom. The zero-order valence-corrected chi connectivity index (χ0v) is 17.2. The summed E-state index contributed by atoms with van der Waals surface area (Å²) in [6.07, 6.45) is 0. The molecule has 0 bridgehead atoms. The molecule has 1 heterocycles. The van der Waals surface area contributed by atoms with Gasteiger partial charge < -0.3 is 14.1 Å². The summed E-state index contributed by atoms with van der Waals surface area (Å²) in [4.78, 5) is 0. The van der Waals surface area contributed by atoms with Crippen LogP contribution in [-0.4, -0.2) is 12.7 Å². The van der Waals surface area contributed by atoms with E-state index >= 15 is 0 Å². The van der Waals surface area contributed by atoms with Crippen LogP contribution >= 0.6 is 0 Å². The van der Waals surface area contributed by atoms with Gasteiger partial charge in [0.05, 0.1) is 0 Å². The molecule has 0 amide bonds. The van der Waals surface area contributed by atoms with Crippen molar-refractivity contribution >= 4 is 40.4 Å². The van der Waals surface area contributed by atoms with Gasteiger partial charge in [-0.25, -0.2) is 0 Å². The number of para-hydroxylation sites is 1. The molecule has 151 valence electrons. The van der Waals surface area contributed by atoms with Crippen LogP contribution in [-0.2, 0) is 0 Å². The highest BCUT2D eigenvalue weighted by atomic mass is 16.5. The van der Waals surface area contributed by atoms with Crippen molar-refractivity contribution in [2.45, 2.75) is 0 Å². The van der Waals surface area contributed by atoms with Crippen LogP contribution in [0.25, 0.3) is 55.0 Å². The summed E-state index contributed by atoms with van der Waals surface area (Å²) >= 11 is 0. The van der Waals surface area contributed by atoms with Gasteiger partial charge in [0.1, 0.15) is 16.9 Å². The predicted octanol–water partition coefficient (Wildman–Crippen LogP) is 6.98. The number of hydrogen-bond acceptors (Lipinski definition) is 3. The van der Waals surface area contributed by atoms with Crippen molar-refractivity contribution < 1.29 is 14.1 Å². The average molecular weight is 413 g/mol. The first-order valence-corrected chi connectivity index (χ1v) is 10.5. The normalized spacial score (nSPS) is 11.3. The van der Waals surface area contributed by atoms with Gasteiger partial charge in [0.15, 0.2) is 0 Å². The topological polar surface area (TPSA) is 42.6 Å². The Kier molecular flexibility index (Phi) is 4.44. The smallest absolute Gasteiger partial charge is 0.537 e. The molecule has 4 heteroatoms. The Morgan fingerprint density at radius 2 is 1.34 bits per heavy atom. The zero-order chi connectivity index (χ0) is 21.5. The molecule has 0 spiro atoms. The number of furan rings is 1. The summed E-state index contributed by atoms with van der Waals surface area (Å²) in [5.74, 6) is 0.587. The maximum atomic E-state index is 8.93. The minimum Gasteiger partial charge on any atom is -0.537 e. The summed E-state index contributed by atoms with van der Waals surface area (Å²) in [6, 6.07) is 35.1. The molecular formula is C28H18BO3. The average Bonchev–Trinajstić information content (AvgIpc) is 3.22. The molecule has 0 atom stereocenters. The van der Waals surface area contributed by atoms with Crippen LogP contribution in [0.3, 0.4) is 0 Å². The SMILES string of the molecule is O[B]Oc1ccc(-c2c(-c3ccc4oc5ccccc5c4c3)ccc3ccccc23)cc1. The molecule has 0 saturated carbocycles. The maximum Gasteiger partial charge on any atom is 0.569 e. The van der Waals surface area contributed by atoms with Crippen LogP contribution in [0.15, 0.2) is 108 Å². The van der Waals surface area contributed by atoms with Crippen LogP contribution in [0.2, 0.25) is 0 Å². The lowest BCUT2D eigenvalue weighted by Gasteiger charge is -2.15. The molecule has 0 aliphatic heterocycles. The monoisotopic (exact) mass is 413 g/mol. The lowest BCUT2D eigenvalue weighted by atomic mass is 9.89. The van der Waals surface area contributed by atoms with Gasteiger partial charge in [-0.2, -0.15) is 0 Å². The molecule has 1 N–H and O–H groups in total. The van der Waals surface area contributed by atoms with Crippen molar-refractivity contribution in [2.24, 2.45) is 0 Å². The van der Waals surface area contributed by atoms with Gasteiger partial charge in [0, 0.05) is 10.8 Å². The van der Waals surface area contributed by atoms with Crippen LogP contribution in [0.1, 0.15) is 0 Å². The minimum absolute atomic E-state index is 0.587. The molecule has 0 saturated heterocycles. The minimum atomic E-state index is 0.587. The maximum absolute atomic E-state index is 8.93. The molecular weight excluding hydrogens is 395 g/mol. The van der Waals surface area contributed by atoms with E-state index in [2.05, 4.69) is 60.7 Å². The molecule has 6 rings (SSSR count). The number of rotatable bonds is 4. The summed E-state index contributed by atoms with van der Waals surface area (Å²) in [5.41, 5.74) is 6.31. The Bertz CT molecular complexity index is 1580. The first-order valence-electron chi connectivity index (χ1n) is 10.5. The van der Waals surface area contributed by atoms with Gasteiger partial charge in [-0.05, 0) is 63.4 Å². The molecule has 0 fully saturated rings. The Morgan fingerprint density at radius 3 is 2.19 bits per heavy atom. The Labute approximate surface area is 185 Å². The van der Waals surface area contributed by atoms with E-state index in [0.29, 0.717) is 13.4 Å². The summed E-state index contributed by atoms with van der Waals surface area (Å²) in [5, 5.41) is 13.5. The number of hydrogen-bond donors (Lipinski definition) is 1. The fourth-order valence-corrected chi connectivity index (χ4v) is 4.48. The van der Waals surface area contributed by atoms with Gasteiger partial charge in [-0.1, -0.05) is 72.8 Å². The van der Waals surface area contributed by atoms with Crippen molar-refractivity contribution in [3.8, 4) is 28.0 Å². The lowest BCUT2D eigenvalue weighted by molar-refractivity contribution is 0.454. The molecule has 0 unspecified atom stereocenters. The van der Waals surface area contributed by atoms with E-state index in [0.717, 1.165) is 44.2 Å². The number of fused-ring (bicyclic) bond motifs is 4. The van der Waals surface area contributed by atoms with E-state index in [-0.39, 0.29) is 0 Å². The molecule has 1 aromatic heterocycles. The van der Waals surface area contributed by atoms with Crippen molar-refractivity contribution in [1.29, 1.82) is 0 Å². The van der Waals surface area contributed by atoms with E-state index in [1.54, 1.807) is 0 Å². The molecule has 0 aliphatic carbocycles. The Hall–Kier alpha value is -4.02.